The van der Waals surface area contributed by atoms with E-state index in [-0.39, 0.29) is 36.9 Å². The van der Waals surface area contributed by atoms with Crippen LogP contribution in [0.4, 0.5) is 4.79 Å². The Morgan fingerprint density at radius 2 is 1.71 bits per heavy atom. The van der Waals surface area contributed by atoms with Crippen LogP contribution in [-0.4, -0.2) is 41.8 Å². The maximum Gasteiger partial charge on any atom is 0.407 e. The maximum atomic E-state index is 12.7. The summed E-state index contributed by atoms with van der Waals surface area (Å²) >= 11 is 0. The van der Waals surface area contributed by atoms with Gasteiger partial charge in [-0.1, -0.05) is 74.0 Å². The minimum Gasteiger partial charge on any atom is -0.481 e. The van der Waals surface area contributed by atoms with Crippen LogP contribution in [-0.2, 0) is 14.3 Å². The first-order valence-electron chi connectivity index (χ1n) is 12.3. The molecule has 2 aromatic rings. The number of carboxylic acid groups (broad SMARTS) is 1. The third-order valence-corrected chi connectivity index (χ3v) is 6.76. The first-order valence-corrected chi connectivity index (χ1v) is 12.3. The van der Waals surface area contributed by atoms with Crippen LogP contribution in [0.3, 0.4) is 0 Å². The molecule has 2 aliphatic carbocycles. The van der Waals surface area contributed by atoms with Gasteiger partial charge in [-0.25, -0.2) is 4.79 Å². The number of hydrogen-bond acceptors (Lipinski definition) is 4. The lowest BCUT2D eigenvalue weighted by Gasteiger charge is -2.24. The highest BCUT2D eigenvalue weighted by molar-refractivity contribution is 5.80. The first-order chi connectivity index (χ1) is 17.0. The molecule has 35 heavy (non-hydrogen) atoms. The average molecular weight is 477 g/mol. The Hall–Kier alpha value is -3.61. The number of hydrogen-bond donors (Lipinski definition) is 3. The van der Waals surface area contributed by atoms with Crippen LogP contribution in [0.25, 0.3) is 11.1 Å². The lowest BCUT2D eigenvalue weighted by Crippen LogP contribution is -2.43. The summed E-state index contributed by atoms with van der Waals surface area (Å²) in [7, 11) is 0. The van der Waals surface area contributed by atoms with E-state index in [2.05, 4.69) is 34.9 Å². The summed E-state index contributed by atoms with van der Waals surface area (Å²) in [6.45, 7) is 2.21. The van der Waals surface area contributed by atoms with Gasteiger partial charge in [-0.05, 0) is 41.5 Å². The van der Waals surface area contributed by atoms with Crippen LogP contribution in [0.5, 0.6) is 0 Å². The van der Waals surface area contributed by atoms with Crippen molar-refractivity contribution in [3.63, 3.8) is 0 Å². The molecule has 3 atom stereocenters. The summed E-state index contributed by atoms with van der Waals surface area (Å²) in [5, 5.41) is 15.0. The number of fused-ring (bicyclic) bond motifs is 3. The summed E-state index contributed by atoms with van der Waals surface area (Å²) in [5.74, 6) is -1.59. The fourth-order valence-electron chi connectivity index (χ4n) is 5.07. The number of ether oxygens (including phenoxy) is 1. The molecule has 3 N–H and O–H groups in total. The Morgan fingerprint density at radius 1 is 1.06 bits per heavy atom. The van der Waals surface area contributed by atoms with Crippen molar-refractivity contribution in [1.82, 2.24) is 10.6 Å². The maximum absolute atomic E-state index is 12.7. The second-order valence-electron chi connectivity index (χ2n) is 9.27. The molecule has 0 bridgehead atoms. The van der Waals surface area contributed by atoms with E-state index in [9.17, 15) is 19.5 Å². The smallest absolute Gasteiger partial charge is 0.407 e. The molecule has 0 radical (unpaired) electrons. The van der Waals surface area contributed by atoms with Gasteiger partial charge >= 0.3 is 12.1 Å². The molecule has 7 heteroatoms. The number of aliphatic carboxylic acids is 1. The lowest BCUT2D eigenvalue weighted by molar-refractivity contribution is -0.142. The number of carbonyl (C=O) groups is 3. The molecule has 0 saturated carbocycles. The van der Waals surface area contributed by atoms with E-state index in [4.69, 9.17) is 4.74 Å². The molecule has 0 fully saturated rings. The van der Waals surface area contributed by atoms with Gasteiger partial charge in [0.05, 0.1) is 5.92 Å². The number of rotatable bonds is 9. The van der Waals surface area contributed by atoms with E-state index < -0.39 is 18.0 Å². The number of carboxylic acids is 1. The monoisotopic (exact) mass is 476 g/mol. The number of amides is 2. The fraction of sp³-hybridized carbons (Fsp3) is 0.393. The Labute approximate surface area is 205 Å². The van der Waals surface area contributed by atoms with E-state index in [0.717, 1.165) is 17.5 Å². The first kappa shape index (κ1) is 24.5. The van der Waals surface area contributed by atoms with E-state index in [1.54, 1.807) is 6.08 Å². The van der Waals surface area contributed by atoms with Gasteiger partial charge in [0.15, 0.2) is 0 Å². The second-order valence-corrected chi connectivity index (χ2v) is 9.27. The SMILES string of the molecule is CCC[C@@H](CC(=O)N[C@@H]1C=CC[C@@H](C(=O)O)C1)NC(=O)OCC1c2ccccc2-c2ccccc21. The van der Waals surface area contributed by atoms with Crippen LogP contribution < -0.4 is 10.6 Å². The van der Waals surface area contributed by atoms with Gasteiger partial charge in [-0.2, -0.15) is 0 Å². The minimum absolute atomic E-state index is 0.0265. The highest BCUT2D eigenvalue weighted by Gasteiger charge is 2.30. The summed E-state index contributed by atoms with van der Waals surface area (Å²) in [5.41, 5.74) is 4.62. The Kier molecular flexibility index (Phi) is 7.85. The van der Waals surface area contributed by atoms with Crippen LogP contribution in [0.2, 0.25) is 0 Å². The molecule has 0 aliphatic heterocycles. The molecule has 0 saturated heterocycles. The van der Waals surface area contributed by atoms with Crippen molar-refractivity contribution in [2.75, 3.05) is 6.61 Å². The quantitative estimate of drug-likeness (QED) is 0.458. The van der Waals surface area contributed by atoms with Gasteiger partial charge < -0.3 is 20.5 Å². The van der Waals surface area contributed by atoms with Crippen molar-refractivity contribution in [3.8, 4) is 11.1 Å². The van der Waals surface area contributed by atoms with Crippen molar-refractivity contribution in [3.05, 3.63) is 71.8 Å². The van der Waals surface area contributed by atoms with E-state index in [0.29, 0.717) is 19.3 Å². The topological polar surface area (TPSA) is 105 Å². The van der Waals surface area contributed by atoms with Crippen molar-refractivity contribution >= 4 is 18.0 Å². The van der Waals surface area contributed by atoms with Gasteiger partial charge in [-0.15, -0.1) is 0 Å². The Morgan fingerprint density at radius 3 is 2.34 bits per heavy atom. The predicted octanol–water partition coefficient (Wildman–Crippen LogP) is 4.62. The average Bonchev–Trinajstić information content (AvgIpc) is 3.16. The number of allylic oxidation sites excluding steroid dienone is 1. The van der Waals surface area contributed by atoms with Gasteiger partial charge in [0.2, 0.25) is 5.91 Å². The van der Waals surface area contributed by atoms with E-state index >= 15 is 0 Å². The van der Waals surface area contributed by atoms with E-state index in [1.165, 1.54) is 11.1 Å². The third-order valence-electron chi connectivity index (χ3n) is 6.76. The Balaban J connectivity index is 1.31. The Bertz CT molecular complexity index is 1070. The van der Waals surface area contributed by atoms with Crippen LogP contribution in [0, 0.1) is 5.92 Å². The minimum atomic E-state index is -0.852. The van der Waals surface area contributed by atoms with Crippen LogP contribution in [0.1, 0.15) is 56.1 Å². The molecule has 4 rings (SSSR count). The van der Waals surface area contributed by atoms with Crippen molar-refractivity contribution in [2.24, 2.45) is 5.92 Å². The zero-order chi connectivity index (χ0) is 24.8. The molecular formula is C28H32N2O5. The van der Waals surface area contributed by atoms with Crippen LogP contribution >= 0.6 is 0 Å². The zero-order valence-electron chi connectivity index (χ0n) is 19.9. The van der Waals surface area contributed by atoms with Gasteiger partial charge in [0, 0.05) is 24.4 Å². The normalized spacial score (nSPS) is 19.3. The fourth-order valence-corrected chi connectivity index (χ4v) is 5.07. The number of nitrogens with one attached hydrogen (secondary N) is 2. The molecule has 0 spiro atoms. The van der Waals surface area contributed by atoms with Gasteiger partial charge in [-0.3, -0.25) is 9.59 Å². The molecule has 0 unspecified atom stereocenters. The van der Waals surface area contributed by atoms with Gasteiger partial charge in [0.25, 0.3) is 0 Å². The summed E-state index contributed by atoms with van der Waals surface area (Å²) in [4.78, 5) is 36.5. The number of benzene rings is 2. The molecule has 2 aromatic carbocycles. The third kappa shape index (κ3) is 5.91. The van der Waals surface area contributed by atoms with Crippen molar-refractivity contribution < 1.29 is 24.2 Å². The second kappa shape index (κ2) is 11.2. The number of carbonyl (C=O) groups excluding carboxylic acids is 2. The molecule has 7 nitrogen and oxygen atoms in total. The lowest BCUT2D eigenvalue weighted by atomic mass is 9.91. The predicted molar refractivity (Wildman–Crippen MR) is 133 cm³/mol. The summed E-state index contributed by atoms with van der Waals surface area (Å²) in [6.07, 6.45) is 5.49. The zero-order valence-corrected chi connectivity index (χ0v) is 19.9. The highest BCUT2D eigenvalue weighted by Crippen LogP contribution is 2.44. The molecule has 0 aromatic heterocycles. The molecular weight excluding hydrogens is 444 g/mol. The standard InChI is InChI=1S/C28H32N2O5/c1-2-8-19(16-26(31)29-20-10-7-9-18(15-20)27(32)33)30-28(34)35-17-25-23-13-5-3-11-21(23)22-12-4-6-14-24(22)25/h3-7,10-14,18-20,25H,2,8-9,15-17H2,1H3,(H,29,31)(H,30,34)(H,32,33)/t18-,19+,20-/m1/s1. The summed E-state index contributed by atoms with van der Waals surface area (Å²) < 4.78 is 5.63. The molecule has 0 heterocycles. The van der Waals surface area contributed by atoms with Crippen LogP contribution in [0.15, 0.2) is 60.7 Å². The van der Waals surface area contributed by atoms with Gasteiger partial charge in [0.1, 0.15) is 6.61 Å². The highest BCUT2D eigenvalue weighted by atomic mass is 16.5. The summed E-state index contributed by atoms with van der Waals surface area (Å²) in [6, 6.07) is 15.7. The largest absolute Gasteiger partial charge is 0.481 e. The number of alkyl carbamates (subject to hydrolysis) is 1. The molecule has 184 valence electrons. The van der Waals surface area contributed by atoms with Crippen molar-refractivity contribution in [1.29, 1.82) is 0 Å². The van der Waals surface area contributed by atoms with E-state index in [1.807, 2.05) is 37.3 Å². The van der Waals surface area contributed by atoms with Crippen molar-refractivity contribution in [2.45, 2.75) is 57.0 Å². The molecule has 2 aliphatic rings. The molecule has 2 amide bonds.